The Morgan fingerprint density at radius 1 is 1.21 bits per heavy atom. The number of hydrogen-bond acceptors (Lipinski definition) is 3. The van der Waals surface area contributed by atoms with E-state index in [4.69, 9.17) is 5.26 Å². The second-order valence-electron chi connectivity index (χ2n) is 2.92. The molecule has 1 aromatic rings. The minimum Gasteiger partial charge on any atom is -0.207 e. The lowest BCUT2D eigenvalue weighted by molar-refractivity contribution is 0.521. The second kappa shape index (κ2) is 3.78. The number of benzene rings is 1. The van der Waals surface area contributed by atoms with Crippen LogP contribution in [0.2, 0.25) is 0 Å². The van der Waals surface area contributed by atoms with Crippen molar-refractivity contribution in [2.45, 2.75) is 4.90 Å². The summed E-state index contributed by atoms with van der Waals surface area (Å²) in [5.74, 6) is 0. The van der Waals surface area contributed by atoms with Gasteiger partial charge in [-0.1, -0.05) is 0 Å². The first-order chi connectivity index (χ1) is 6.48. The first-order valence-corrected chi connectivity index (χ1v) is 5.35. The van der Waals surface area contributed by atoms with Crippen LogP contribution in [0.15, 0.2) is 29.2 Å². The van der Waals surface area contributed by atoms with Crippen molar-refractivity contribution in [3.63, 3.8) is 0 Å². The van der Waals surface area contributed by atoms with E-state index in [1.54, 1.807) is 0 Å². The monoisotopic (exact) mass is 210 g/mol. The van der Waals surface area contributed by atoms with Gasteiger partial charge in [-0.15, -0.1) is 0 Å². The molecule has 0 aliphatic heterocycles. The lowest BCUT2D eigenvalue weighted by Crippen LogP contribution is -2.22. The van der Waals surface area contributed by atoms with E-state index in [0.717, 1.165) is 4.31 Å². The molecule has 0 unspecified atom stereocenters. The maximum absolute atomic E-state index is 11.6. The highest BCUT2D eigenvalue weighted by atomic mass is 32.2. The van der Waals surface area contributed by atoms with Gasteiger partial charge in [-0.3, -0.25) is 0 Å². The molecule has 0 saturated heterocycles. The van der Waals surface area contributed by atoms with Crippen molar-refractivity contribution in [3.05, 3.63) is 29.8 Å². The fourth-order valence-corrected chi connectivity index (χ4v) is 1.81. The number of nitriles is 1. The molecule has 0 fully saturated rings. The van der Waals surface area contributed by atoms with Crippen LogP contribution >= 0.6 is 0 Å². The molecule has 74 valence electrons. The van der Waals surface area contributed by atoms with Gasteiger partial charge in [0.2, 0.25) is 10.0 Å². The maximum atomic E-state index is 11.6. The summed E-state index contributed by atoms with van der Waals surface area (Å²) < 4.78 is 24.3. The highest BCUT2D eigenvalue weighted by Gasteiger charge is 2.16. The fourth-order valence-electron chi connectivity index (χ4n) is 0.912. The number of sulfonamides is 1. The van der Waals surface area contributed by atoms with Crippen molar-refractivity contribution in [2.75, 3.05) is 14.1 Å². The Morgan fingerprint density at radius 3 is 2.07 bits per heavy atom. The lowest BCUT2D eigenvalue weighted by Gasteiger charge is -2.10. The standard InChI is InChI=1S/C9H10N2O2S/c1-11(2)14(12,13)9-5-3-8(7-10)4-6-9/h3-6H,1-2H3. The van der Waals surface area contributed by atoms with Crippen molar-refractivity contribution in [2.24, 2.45) is 0 Å². The Morgan fingerprint density at radius 2 is 1.71 bits per heavy atom. The van der Waals surface area contributed by atoms with Gasteiger partial charge in [-0.25, -0.2) is 12.7 Å². The minimum atomic E-state index is -3.38. The summed E-state index contributed by atoms with van der Waals surface area (Å²) >= 11 is 0. The number of rotatable bonds is 2. The average molecular weight is 210 g/mol. The van der Waals surface area contributed by atoms with E-state index in [9.17, 15) is 8.42 Å². The summed E-state index contributed by atoms with van der Waals surface area (Å²) in [5.41, 5.74) is 0.447. The van der Waals surface area contributed by atoms with E-state index < -0.39 is 10.0 Å². The molecule has 5 heteroatoms. The van der Waals surface area contributed by atoms with Crippen LogP contribution in [0.25, 0.3) is 0 Å². The van der Waals surface area contributed by atoms with Crippen LogP contribution in [-0.4, -0.2) is 26.8 Å². The molecular weight excluding hydrogens is 200 g/mol. The number of nitrogens with zero attached hydrogens (tertiary/aromatic N) is 2. The molecule has 0 heterocycles. The highest BCUT2D eigenvalue weighted by molar-refractivity contribution is 7.89. The molecule has 0 aliphatic carbocycles. The van der Waals surface area contributed by atoms with Gasteiger partial charge < -0.3 is 0 Å². The molecular formula is C9H10N2O2S. The molecule has 0 amide bonds. The lowest BCUT2D eigenvalue weighted by atomic mass is 10.2. The molecule has 0 aliphatic rings. The van der Waals surface area contributed by atoms with Crippen LogP contribution in [-0.2, 0) is 10.0 Å². The molecule has 0 atom stereocenters. The summed E-state index contributed by atoms with van der Waals surface area (Å²) in [6.07, 6.45) is 0. The molecule has 0 radical (unpaired) electrons. The zero-order valence-corrected chi connectivity index (χ0v) is 8.75. The van der Waals surface area contributed by atoms with E-state index in [0.29, 0.717) is 5.56 Å². The Kier molecular flexibility index (Phi) is 2.89. The van der Waals surface area contributed by atoms with Crippen molar-refractivity contribution in [1.82, 2.24) is 4.31 Å². The third-order valence-corrected chi connectivity index (χ3v) is 3.59. The van der Waals surface area contributed by atoms with Crippen LogP contribution in [0.4, 0.5) is 0 Å². The average Bonchev–Trinajstić information content (AvgIpc) is 2.17. The van der Waals surface area contributed by atoms with Crippen LogP contribution in [0, 0.1) is 11.3 Å². The predicted octanol–water partition coefficient (Wildman–Crippen LogP) is 0.809. The summed E-state index contributed by atoms with van der Waals surface area (Å²) in [5, 5.41) is 8.53. The quantitative estimate of drug-likeness (QED) is 0.725. The maximum Gasteiger partial charge on any atom is 0.242 e. The van der Waals surface area contributed by atoms with Gasteiger partial charge in [0.25, 0.3) is 0 Å². The second-order valence-corrected chi connectivity index (χ2v) is 5.08. The summed E-state index contributed by atoms with van der Waals surface area (Å²) in [6, 6.07) is 7.74. The fraction of sp³-hybridized carbons (Fsp3) is 0.222. The smallest absolute Gasteiger partial charge is 0.207 e. The SMILES string of the molecule is CN(C)S(=O)(=O)c1ccc(C#N)cc1. The topological polar surface area (TPSA) is 61.2 Å². The third kappa shape index (κ3) is 1.92. The van der Waals surface area contributed by atoms with Gasteiger partial charge in [-0.2, -0.15) is 5.26 Å². The zero-order valence-electron chi connectivity index (χ0n) is 7.93. The highest BCUT2D eigenvalue weighted by Crippen LogP contribution is 2.13. The van der Waals surface area contributed by atoms with Gasteiger partial charge in [0.1, 0.15) is 0 Å². The molecule has 0 spiro atoms. The van der Waals surface area contributed by atoms with Crippen LogP contribution in [0.1, 0.15) is 5.56 Å². The van der Waals surface area contributed by atoms with Crippen LogP contribution in [0.3, 0.4) is 0 Å². The molecule has 0 saturated carbocycles. The van der Waals surface area contributed by atoms with Crippen molar-refractivity contribution in [1.29, 1.82) is 5.26 Å². The first-order valence-electron chi connectivity index (χ1n) is 3.91. The first kappa shape index (κ1) is 10.7. The van der Waals surface area contributed by atoms with E-state index in [2.05, 4.69) is 0 Å². The van der Waals surface area contributed by atoms with E-state index in [1.807, 2.05) is 6.07 Å². The van der Waals surface area contributed by atoms with Crippen molar-refractivity contribution >= 4 is 10.0 Å². The Labute approximate surface area is 83.4 Å². The van der Waals surface area contributed by atoms with Crippen LogP contribution in [0.5, 0.6) is 0 Å². The van der Waals surface area contributed by atoms with E-state index >= 15 is 0 Å². The van der Waals surface area contributed by atoms with Gasteiger partial charge in [0.05, 0.1) is 16.5 Å². The van der Waals surface area contributed by atoms with E-state index in [1.165, 1.54) is 38.4 Å². The number of hydrogen-bond donors (Lipinski definition) is 0. The molecule has 1 aromatic carbocycles. The van der Waals surface area contributed by atoms with Gasteiger partial charge in [0.15, 0.2) is 0 Å². The normalized spacial score (nSPS) is 11.3. The summed E-state index contributed by atoms with van der Waals surface area (Å²) in [4.78, 5) is 0.196. The molecule has 0 bridgehead atoms. The van der Waals surface area contributed by atoms with Crippen molar-refractivity contribution in [3.8, 4) is 6.07 Å². The van der Waals surface area contributed by atoms with Gasteiger partial charge >= 0.3 is 0 Å². The molecule has 4 nitrogen and oxygen atoms in total. The Balaban J connectivity index is 3.18. The minimum absolute atomic E-state index is 0.196. The van der Waals surface area contributed by atoms with Crippen molar-refractivity contribution < 1.29 is 8.42 Å². The Bertz CT molecular complexity index is 455. The largest absolute Gasteiger partial charge is 0.242 e. The van der Waals surface area contributed by atoms with Crippen LogP contribution < -0.4 is 0 Å². The predicted molar refractivity (Wildman–Crippen MR) is 52.0 cm³/mol. The van der Waals surface area contributed by atoms with E-state index in [-0.39, 0.29) is 4.90 Å². The summed E-state index contributed by atoms with van der Waals surface area (Å²) in [7, 11) is -0.446. The Hall–Kier alpha value is -1.38. The third-order valence-electron chi connectivity index (χ3n) is 1.76. The zero-order chi connectivity index (χ0) is 10.8. The molecule has 0 N–H and O–H groups in total. The molecule has 1 rings (SSSR count). The summed E-state index contributed by atoms with van der Waals surface area (Å²) in [6.45, 7) is 0. The molecule has 14 heavy (non-hydrogen) atoms. The van der Waals surface area contributed by atoms with Gasteiger partial charge in [0, 0.05) is 14.1 Å². The molecule has 0 aromatic heterocycles. The van der Waals surface area contributed by atoms with Gasteiger partial charge in [-0.05, 0) is 24.3 Å².